The Balaban J connectivity index is 0.000000436. The number of nitrogens with zero attached hydrogens (tertiary/aromatic N) is 2. The second-order valence-electron chi connectivity index (χ2n) is 5.98. The number of aliphatic carboxylic acids is 1. The van der Waals surface area contributed by atoms with Crippen LogP contribution in [0, 0.1) is 0 Å². The number of likely N-dealkylation sites (N-methyl/N-ethyl adjacent to an activating group) is 2. The van der Waals surface area contributed by atoms with Gasteiger partial charge < -0.3 is 15.1 Å². The highest BCUT2D eigenvalue weighted by molar-refractivity contribution is 9.10. The summed E-state index contributed by atoms with van der Waals surface area (Å²) in [6, 6.07) is 3.70. The number of carboxylic acid groups (broad SMARTS) is 1. The number of aromatic hydroxyl groups is 1. The third-order valence-electron chi connectivity index (χ3n) is 4.35. The van der Waals surface area contributed by atoms with E-state index in [0.29, 0.717) is 11.9 Å². The highest BCUT2D eigenvalue weighted by Crippen LogP contribution is 2.54. The summed E-state index contributed by atoms with van der Waals surface area (Å²) in [5.74, 6) is -0.486. The minimum atomic E-state index is -0.833. The summed E-state index contributed by atoms with van der Waals surface area (Å²) in [5, 5.41) is 17.2. The largest absolute Gasteiger partial charge is 0.508 e. The van der Waals surface area contributed by atoms with E-state index in [1.165, 1.54) is 11.3 Å². The van der Waals surface area contributed by atoms with Crippen LogP contribution in [-0.4, -0.2) is 47.9 Å². The molecule has 5 nitrogen and oxygen atoms in total. The van der Waals surface area contributed by atoms with Crippen LogP contribution in [0.25, 0.3) is 0 Å². The Morgan fingerprint density at radius 3 is 2.50 bits per heavy atom. The minimum absolute atomic E-state index is 0. The van der Waals surface area contributed by atoms with Crippen LogP contribution in [0.5, 0.6) is 5.75 Å². The number of phenolic OH excluding ortho intramolecular Hbond substituents is 1. The van der Waals surface area contributed by atoms with Gasteiger partial charge in [-0.1, -0.05) is 6.92 Å². The van der Waals surface area contributed by atoms with Crippen molar-refractivity contribution in [3.8, 4) is 5.75 Å². The van der Waals surface area contributed by atoms with Crippen molar-refractivity contribution in [1.29, 1.82) is 0 Å². The number of likely N-dealkylation sites (tertiary alicyclic amines) is 1. The van der Waals surface area contributed by atoms with Crippen molar-refractivity contribution in [3.63, 3.8) is 0 Å². The molecule has 3 rings (SSSR count). The normalized spacial score (nSPS) is 25.7. The molecule has 1 aromatic rings. The maximum absolute atomic E-state index is 9.80. The van der Waals surface area contributed by atoms with Crippen LogP contribution in [0.15, 0.2) is 16.6 Å². The number of phenols is 1. The quantitative estimate of drug-likeness (QED) is 0.709. The molecule has 0 bridgehead atoms. The van der Waals surface area contributed by atoms with E-state index in [1.54, 1.807) is 6.07 Å². The Kier molecular flexibility index (Phi) is 5.76. The summed E-state index contributed by atoms with van der Waals surface area (Å²) in [4.78, 5) is 13.7. The third-order valence-corrected chi connectivity index (χ3v) is 4.96. The number of hydrogen-bond donors (Lipinski definition) is 2. The molecule has 0 radical (unpaired) electrons. The van der Waals surface area contributed by atoms with Gasteiger partial charge in [0.2, 0.25) is 0 Å². The molecule has 22 heavy (non-hydrogen) atoms. The molecule has 2 heterocycles. The Labute approximate surface area is 145 Å². The first kappa shape index (κ1) is 19.1. The summed E-state index contributed by atoms with van der Waals surface area (Å²) < 4.78 is 0.985. The van der Waals surface area contributed by atoms with Crippen LogP contribution in [0.4, 0.5) is 5.69 Å². The first-order valence-electron chi connectivity index (χ1n) is 6.84. The number of fused-ring (bicyclic) bond motifs is 3. The second-order valence-corrected chi connectivity index (χ2v) is 6.83. The molecule has 0 spiro atoms. The number of carbonyl (C=O) groups is 1. The molecule has 1 saturated heterocycles. The molecule has 0 amide bonds. The first-order valence-corrected chi connectivity index (χ1v) is 7.63. The summed E-state index contributed by atoms with van der Waals surface area (Å²) in [6.07, 6.45) is 1.54. The average Bonchev–Trinajstić information content (AvgIpc) is 2.74. The van der Waals surface area contributed by atoms with Crippen LogP contribution in [0.3, 0.4) is 0 Å². The van der Waals surface area contributed by atoms with Crippen LogP contribution in [0.1, 0.15) is 25.8 Å². The van der Waals surface area contributed by atoms with E-state index in [9.17, 15) is 5.11 Å². The second kappa shape index (κ2) is 6.64. The van der Waals surface area contributed by atoms with Gasteiger partial charge >= 0.3 is 0 Å². The fourth-order valence-corrected chi connectivity index (χ4v) is 4.37. The number of carboxylic acids is 1. The van der Waals surface area contributed by atoms with Crippen molar-refractivity contribution in [3.05, 3.63) is 22.2 Å². The zero-order chi connectivity index (χ0) is 15.9. The van der Waals surface area contributed by atoms with Gasteiger partial charge in [-0.2, -0.15) is 0 Å². The van der Waals surface area contributed by atoms with Gasteiger partial charge in [0.1, 0.15) is 5.75 Å². The predicted molar refractivity (Wildman–Crippen MR) is 93.2 cm³/mol. The van der Waals surface area contributed by atoms with E-state index in [2.05, 4.69) is 46.7 Å². The number of halogens is 2. The fourth-order valence-electron chi connectivity index (χ4n) is 3.64. The molecular weight excluding hydrogens is 372 g/mol. The molecule has 2 aliphatic rings. The summed E-state index contributed by atoms with van der Waals surface area (Å²) >= 11 is 3.57. The molecule has 2 aliphatic heterocycles. The molecular formula is C15H22BrClN2O3. The molecule has 0 unspecified atom stereocenters. The summed E-state index contributed by atoms with van der Waals surface area (Å²) in [7, 11) is 4.31. The standard InChI is InChI=1S/C13H17BrN2O.C2H4O2.ClH/c1-13-4-5-15(2)12(13)16(3)11-9(13)6-8(17)7-10(11)14;1-2(3)4;/h6-7,12,17H,4-5H2,1-3H3;1H3,(H,3,4);1H/t12-,13+;;/m1../s1. The number of benzene rings is 1. The zero-order valence-corrected chi connectivity index (χ0v) is 15.5. The van der Waals surface area contributed by atoms with E-state index in [-0.39, 0.29) is 17.8 Å². The van der Waals surface area contributed by atoms with Gasteiger partial charge in [-0.15, -0.1) is 12.4 Å². The summed E-state index contributed by atoms with van der Waals surface area (Å²) in [6.45, 7) is 4.49. The maximum atomic E-state index is 9.80. The van der Waals surface area contributed by atoms with E-state index in [1.807, 2.05) is 6.07 Å². The molecule has 1 aromatic carbocycles. The molecule has 7 heteroatoms. The van der Waals surface area contributed by atoms with Crippen molar-refractivity contribution in [1.82, 2.24) is 4.90 Å². The molecule has 0 aromatic heterocycles. The Hall–Kier alpha value is -0.980. The topological polar surface area (TPSA) is 64.0 Å². The van der Waals surface area contributed by atoms with Crippen LogP contribution >= 0.6 is 28.3 Å². The molecule has 1 fully saturated rings. The Morgan fingerprint density at radius 2 is 1.95 bits per heavy atom. The van der Waals surface area contributed by atoms with Crippen LogP contribution < -0.4 is 4.90 Å². The fraction of sp³-hybridized carbons (Fsp3) is 0.533. The van der Waals surface area contributed by atoms with Gasteiger partial charge in [-0.3, -0.25) is 9.69 Å². The van der Waals surface area contributed by atoms with Crippen molar-refractivity contribution in [2.24, 2.45) is 0 Å². The maximum Gasteiger partial charge on any atom is 0.300 e. The van der Waals surface area contributed by atoms with E-state index in [0.717, 1.165) is 24.4 Å². The number of hydrogen-bond acceptors (Lipinski definition) is 4. The molecule has 0 saturated carbocycles. The lowest BCUT2D eigenvalue weighted by Gasteiger charge is -2.32. The minimum Gasteiger partial charge on any atom is -0.508 e. The molecule has 2 N–H and O–H groups in total. The van der Waals surface area contributed by atoms with Crippen molar-refractivity contribution < 1.29 is 15.0 Å². The Morgan fingerprint density at radius 1 is 1.41 bits per heavy atom. The molecule has 2 atom stereocenters. The molecule has 0 aliphatic carbocycles. The van der Waals surface area contributed by atoms with Crippen LogP contribution in [-0.2, 0) is 10.2 Å². The van der Waals surface area contributed by atoms with Gasteiger partial charge in [0, 0.05) is 30.4 Å². The van der Waals surface area contributed by atoms with Crippen molar-refractivity contribution in [2.75, 3.05) is 25.5 Å². The van der Waals surface area contributed by atoms with Crippen LogP contribution in [0.2, 0.25) is 0 Å². The highest BCUT2D eigenvalue weighted by Gasteiger charge is 2.52. The van der Waals surface area contributed by atoms with E-state index >= 15 is 0 Å². The third kappa shape index (κ3) is 3.05. The molecule has 124 valence electrons. The predicted octanol–water partition coefficient (Wildman–Crippen LogP) is 3.04. The number of anilines is 1. The zero-order valence-electron chi connectivity index (χ0n) is 13.1. The summed E-state index contributed by atoms with van der Waals surface area (Å²) in [5.41, 5.74) is 2.61. The van der Waals surface area contributed by atoms with Gasteiger partial charge in [-0.05, 0) is 47.1 Å². The van der Waals surface area contributed by atoms with Gasteiger partial charge in [0.05, 0.1) is 11.9 Å². The van der Waals surface area contributed by atoms with Gasteiger partial charge in [0.15, 0.2) is 0 Å². The Bertz CT molecular complexity index is 580. The average molecular weight is 394 g/mol. The van der Waals surface area contributed by atoms with Gasteiger partial charge in [0.25, 0.3) is 5.97 Å². The van der Waals surface area contributed by atoms with Crippen molar-refractivity contribution in [2.45, 2.75) is 31.8 Å². The number of rotatable bonds is 0. The van der Waals surface area contributed by atoms with E-state index in [4.69, 9.17) is 9.90 Å². The van der Waals surface area contributed by atoms with E-state index < -0.39 is 5.97 Å². The lowest BCUT2D eigenvalue weighted by Crippen LogP contribution is -2.45. The highest BCUT2D eigenvalue weighted by atomic mass is 79.9. The van der Waals surface area contributed by atoms with Gasteiger partial charge in [-0.25, -0.2) is 0 Å². The lowest BCUT2D eigenvalue weighted by molar-refractivity contribution is -0.134. The SMILES string of the molecule is CC(=O)O.CN1CC[C@@]2(C)c3cc(O)cc(Br)c3N(C)[C@@H]12.Cl. The lowest BCUT2D eigenvalue weighted by atomic mass is 9.81. The van der Waals surface area contributed by atoms with Crippen molar-refractivity contribution >= 4 is 40.0 Å². The first-order chi connectivity index (χ1) is 9.68. The monoisotopic (exact) mass is 392 g/mol. The smallest absolute Gasteiger partial charge is 0.300 e.